The van der Waals surface area contributed by atoms with Crippen LogP contribution in [0.5, 0.6) is 5.75 Å². The van der Waals surface area contributed by atoms with E-state index >= 15 is 0 Å². The van der Waals surface area contributed by atoms with E-state index in [1.807, 2.05) is 12.1 Å². The molecule has 24 heavy (non-hydrogen) atoms. The zero-order chi connectivity index (χ0) is 17.7. The largest absolute Gasteiger partial charge is 0.496 e. The highest BCUT2D eigenvalue weighted by atomic mass is 16.5. The van der Waals surface area contributed by atoms with Gasteiger partial charge in [-0.2, -0.15) is 0 Å². The van der Waals surface area contributed by atoms with Crippen LogP contribution < -0.4 is 15.4 Å². The number of nitrogens with one attached hydrogen (secondary N) is 2. The monoisotopic (exact) mass is 326 g/mol. The normalized spacial score (nSPS) is 10.4. The standard InChI is InChI=1S/C19H22N2O3/c1-12(2)14-8-9-18(24-4)17(10-14)19(23)21-16-7-5-6-15(11-16)20-13(3)22/h5-12H,1-4H3,(H,20,22)(H,21,23). The van der Waals surface area contributed by atoms with Crippen molar-refractivity contribution in [1.82, 2.24) is 0 Å². The van der Waals surface area contributed by atoms with Gasteiger partial charge in [-0.05, 0) is 41.8 Å². The molecule has 0 fully saturated rings. The van der Waals surface area contributed by atoms with Gasteiger partial charge in [0.15, 0.2) is 0 Å². The summed E-state index contributed by atoms with van der Waals surface area (Å²) in [7, 11) is 1.54. The van der Waals surface area contributed by atoms with Gasteiger partial charge in [0, 0.05) is 18.3 Å². The number of ether oxygens (including phenoxy) is 1. The summed E-state index contributed by atoms with van der Waals surface area (Å²) in [5.74, 6) is 0.416. The number of benzene rings is 2. The highest BCUT2D eigenvalue weighted by Gasteiger charge is 2.15. The van der Waals surface area contributed by atoms with Crippen molar-refractivity contribution < 1.29 is 14.3 Å². The molecule has 2 aromatic rings. The molecular formula is C19H22N2O3. The van der Waals surface area contributed by atoms with Crippen LogP contribution >= 0.6 is 0 Å². The van der Waals surface area contributed by atoms with Crippen LogP contribution in [0.25, 0.3) is 0 Å². The maximum atomic E-state index is 12.6. The molecule has 5 nitrogen and oxygen atoms in total. The molecule has 2 aromatic carbocycles. The molecule has 126 valence electrons. The Labute approximate surface area is 142 Å². The second kappa shape index (κ2) is 7.64. The lowest BCUT2D eigenvalue weighted by atomic mass is 10.00. The molecule has 0 atom stereocenters. The van der Waals surface area contributed by atoms with Crippen molar-refractivity contribution in [2.24, 2.45) is 0 Å². The van der Waals surface area contributed by atoms with E-state index in [0.717, 1.165) is 5.56 Å². The van der Waals surface area contributed by atoms with Gasteiger partial charge in [-0.3, -0.25) is 9.59 Å². The van der Waals surface area contributed by atoms with Crippen molar-refractivity contribution in [1.29, 1.82) is 0 Å². The number of carbonyl (C=O) groups excluding carboxylic acids is 2. The van der Waals surface area contributed by atoms with Crippen molar-refractivity contribution in [3.05, 3.63) is 53.6 Å². The maximum Gasteiger partial charge on any atom is 0.259 e. The van der Waals surface area contributed by atoms with E-state index in [0.29, 0.717) is 28.6 Å². The molecular weight excluding hydrogens is 304 g/mol. The summed E-state index contributed by atoms with van der Waals surface area (Å²) in [6.07, 6.45) is 0. The summed E-state index contributed by atoms with van der Waals surface area (Å²) in [5.41, 5.74) is 2.77. The number of hydrogen-bond acceptors (Lipinski definition) is 3. The fourth-order valence-electron chi connectivity index (χ4n) is 2.34. The summed E-state index contributed by atoms with van der Waals surface area (Å²) >= 11 is 0. The Hall–Kier alpha value is -2.82. The molecule has 2 rings (SSSR count). The van der Waals surface area contributed by atoms with E-state index in [4.69, 9.17) is 4.74 Å². The van der Waals surface area contributed by atoms with E-state index in [-0.39, 0.29) is 11.8 Å². The van der Waals surface area contributed by atoms with E-state index < -0.39 is 0 Å². The molecule has 0 bridgehead atoms. The second-order valence-electron chi connectivity index (χ2n) is 5.83. The quantitative estimate of drug-likeness (QED) is 0.871. The van der Waals surface area contributed by atoms with Crippen molar-refractivity contribution in [2.45, 2.75) is 26.7 Å². The minimum Gasteiger partial charge on any atom is -0.496 e. The summed E-state index contributed by atoms with van der Waals surface area (Å²) < 4.78 is 5.30. The number of rotatable bonds is 5. The minimum atomic E-state index is -0.255. The average Bonchev–Trinajstić information content (AvgIpc) is 2.53. The summed E-state index contributed by atoms with van der Waals surface area (Å²) in [6, 6.07) is 12.6. The third-order valence-electron chi connectivity index (χ3n) is 3.58. The molecule has 0 saturated heterocycles. The molecule has 2 amide bonds. The lowest BCUT2D eigenvalue weighted by Gasteiger charge is -2.13. The van der Waals surface area contributed by atoms with Crippen LogP contribution in [0, 0.1) is 0 Å². The van der Waals surface area contributed by atoms with E-state index in [1.165, 1.54) is 6.92 Å². The van der Waals surface area contributed by atoms with Gasteiger partial charge in [-0.1, -0.05) is 26.0 Å². The van der Waals surface area contributed by atoms with Crippen LogP contribution in [-0.2, 0) is 4.79 Å². The molecule has 0 aliphatic heterocycles. The summed E-state index contributed by atoms with van der Waals surface area (Å²) in [6.45, 7) is 5.58. The summed E-state index contributed by atoms with van der Waals surface area (Å²) in [5, 5.41) is 5.53. The summed E-state index contributed by atoms with van der Waals surface area (Å²) in [4.78, 5) is 23.8. The third-order valence-corrected chi connectivity index (χ3v) is 3.58. The molecule has 0 unspecified atom stereocenters. The highest BCUT2D eigenvalue weighted by Crippen LogP contribution is 2.25. The van der Waals surface area contributed by atoms with Crippen molar-refractivity contribution >= 4 is 23.2 Å². The van der Waals surface area contributed by atoms with Crippen LogP contribution in [0.2, 0.25) is 0 Å². The van der Waals surface area contributed by atoms with Gasteiger partial charge in [-0.25, -0.2) is 0 Å². The van der Waals surface area contributed by atoms with Crippen LogP contribution in [0.1, 0.15) is 42.6 Å². The van der Waals surface area contributed by atoms with E-state index in [9.17, 15) is 9.59 Å². The number of anilines is 2. The first-order chi connectivity index (χ1) is 11.4. The first kappa shape index (κ1) is 17.5. The van der Waals surface area contributed by atoms with Crippen LogP contribution in [0.3, 0.4) is 0 Å². The smallest absolute Gasteiger partial charge is 0.259 e. The number of carbonyl (C=O) groups is 2. The molecule has 0 aromatic heterocycles. The van der Waals surface area contributed by atoms with Crippen LogP contribution in [0.4, 0.5) is 11.4 Å². The molecule has 0 radical (unpaired) electrons. The molecule has 0 heterocycles. The van der Waals surface area contributed by atoms with Crippen LogP contribution in [0.15, 0.2) is 42.5 Å². The van der Waals surface area contributed by atoms with Crippen LogP contribution in [-0.4, -0.2) is 18.9 Å². The Kier molecular flexibility index (Phi) is 5.58. The topological polar surface area (TPSA) is 67.4 Å². The van der Waals surface area contributed by atoms with Crippen molar-refractivity contribution in [2.75, 3.05) is 17.7 Å². The van der Waals surface area contributed by atoms with Gasteiger partial charge in [0.05, 0.1) is 12.7 Å². The lowest BCUT2D eigenvalue weighted by Crippen LogP contribution is -2.14. The predicted octanol–water partition coefficient (Wildman–Crippen LogP) is 4.03. The lowest BCUT2D eigenvalue weighted by molar-refractivity contribution is -0.114. The Morgan fingerprint density at radius 3 is 2.25 bits per heavy atom. The maximum absolute atomic E-state index is 12.6. The Bertz CT molecular complexity index is 754. The first-order valence-electron chi connectivity index (χ1n) is 7.77. The second-order valence-corrected chi connectivity index (χ2v) is 5.83. The van der Waals surface area contributed by atoms with Crippen molar-refractivity contribution in [3.8, 4) is 5.75 Å². The van der Waals surface area contributed by atoms with Crippen molar-refractivity contribution in [3.63, 3.8) is 0 Å². The molecule has 5 heteroatoms. The predicted molar refractivity (Wildman–Crippen MR) is 95.8 cm³/mol. The van der Waals surface area contributed by atoms with Gasteiger partial charge in [0.25, 0.3) is 5.91 Å². The van der Waals surface area contributed by atoms with E-state index in [2.05, 4.69) is 24.5 Å². The Morgan fingerprint density at radius 2 is 1.67 bits per heavy atom. The molecule has 0 spiro atoms. The molecule has 2 N–H and O–H groups in total. The fraction of sp³-hybridized carbons (Fsp3) is 0.263. The number of hydrogen-bond donors (Lipinski definition) is 2. The third kappa shape index (κ3) is 4.35. The zero-order valence-electron chi connectivity index (χ0n) is 14.3. The van der Waals surface area contributed by atoms with Gasteiger partial charge >= 0.3 is 0 Å². The molecule has 0 saturated carbocycles. The van der Waals surface area contributed by atoms with E-state index in [1.54, 1.807) is 37.4 Å². The van der Waals surface area contributed by atoms with Gasteiger partial charge in [-0.15, -0.1) is 0 Å². The fourth-order valence-corrected chi connectivity index (χ4v) is 2.34. The van der Waals surface area contributed by atoms with Gasteiger partial charge < -0.3 is 15.4 Å². The Morgan fingerprint density at radius 1 is 1.00 bits per heavy atom. The average molecular weight is 326 g/mol. The van der Waals surface area contributed by atoms with Gasteiger partial charge in [0.1, 0.15) is 5.75 Å². The molecule has 0 aliphatic rings. The number of methoxy groups -OCH3 is 1. The van der Waals surface area contributed by atoms with Gasteiger partial charge in [0.2, 0.25) is 5.91 Å². The SMILES string of the molecule is COc1ccc(C(C)C)cc1C(=O)Nc1cccc(NC(C)=O)c1. The zero-order valence-corrected chi connectivity index (χ0v) is 14.3. The number of amides is 2. The Balaban J connectivity index is 2.26. The first-order valence-corrected chi connectivity index (χ1v) is 7.77. The molecule has 0 aliphatic carbocycles. The minimum absolute atomic E-state index is 0.162. The highest BCUT2D eigenvalue weighted by molar-refractivity contribution is 6.06.